The van der Waals surface area contributed by atoms with Crippen molar-refractivity contribution in [3.05, 3.63) is 0 Å². The van der Waals surface area contributed by atoms with Gasteiger partial charge in [-0.15, -0.1) is 0 Å². The van der Waals surface area contributed by atoms with Gasteiger partial charge in [-0.3, -0.25) is 57.7 Å². The number of hydrogen-bond acceptors (Lipinski definition) is 19. The summed E-state index contributed by atoms with van der Waals surface area (Å²) < 4.78 is 0. The molecule has 32 nitrogen and oxygen atoms in total. The van der Waals surface area contributed by atoms with Crippen molar-refractivity contribution in [3.8, 4) is 0 Å². The van der Waals surface area contributed by atoms with E-state index in [4.69, 9.17) is 22.9 Å². The van der Waals surface area contributed by atoms with Crippen molar-refractivity contribution in [2.24, 2.45) is 39.8 Å². The van der Waals surface area contributed by atoms with Crippen LogP contribution in [0.3, 0.4) is 0 Å². The standard InChI is InChI=1S/C53H92N16O16S/c1-28(2)40(66-44(76)34(26-71)63-48(80)41(29(3)4)65-42(74)30(55)25-70)47(79)59-24-39(73)60-31(17-23-86-5)43(75)61-32(12-6-7-18-54)49(81)67-20-9-15-37(67)46(78)64-35(27-72)51(83)68-21-10-14-36(68)45(77)62-33(13-8-19-58-53(56)57)50(82)69-22-11-16-38(69)52(84)85/h28-38,40-41,70-72H,6-27,54-55H2,1-5H3,(H,59,79)(H,60,73)(H,61,75)(H,62,77)(H,63,80)(H,64,78)(H,65,74)(H,66,76)(H,84,85)(H4,56,57,58)/t30-,31-,32-,33-,34-,35-,36-,37-,38-,40-,41-/m0/s1. The quantitative estimate of drug-likeness (QED) is 0.0157. The molecule has 11 atom stereocenters. The minimum absolute atomic E-state index is 0.0357. The Hall–Kier alpha value is -6.94. The lowest BCUT2D eigenvalue weighted by atomic mass is 10.0. The van der Waals surface area contributed by atoms with Crippen LogP contribution in [0.25, 0.3) is 0 Å². The van der Waals surface area contributed by atoms with Gasteiger partial charge < -0.3 is 101 Å². The Morgan fingerprint density at radius 1 is 0.547 bits per heavy atom. The van der Waals surface area contributed by atoms with E-state index < -0.39 is 176 Å². The molecule has 11 amide bonds. The normalized spacial score (nSPS) is 19.4. The number of thioether (sulfide) groups is 1. The highest BCUT2D eigenvalue weighted by Crippen LogP contribution is 2.24. The first-order valence-electron chi connectivity index (χ1n) is 29.1. The van der Waals surface area contributed by atoms with Gasteiger partial charge >= 0.3 is 5.97 Å². The molecule has 3 heterocycles. The summed E-state index contributed by atoms with van der Waals surface area (Å²) in [6.45, 7) is 3.83. The number of carbonyl (C=O) groups is 12. The van der Waals surface area contributed by atoms with Crippen LogP contribution in [0.15, 0.2) is 4.99 Å². The van der Waals surface area contributed by atoms with E-state index in [-0.39, 0.29) is 83.6 Å². The number of hydrogen-bond donors (Lipinski definition) is 16. The van der Waals surface area contributed by atoms with Crippen molar-refractivity contribution in [2.45, 2.75) is 171 Å². The molecule has 3 aliphatic heterocycles. The molecule has 86 heavy (non-hydrogen) atoms. The second-order valence-corrected chi connectivity index (χ2v) is 23.1. The number of nitrogens with one attached hydrogen (secondary N) is 8. The maximum Gasteiger partial charge on any atom is 0.326 e. The molecule has 3 aliphatic rings. The molecule has 0 bridgehead atoms. The minimum Gasteiger partial charge on any atom is -0.480 e. The zero-order valence-electron chi connectivity index (χ0n) is 49.8. The molecule has 486 valence electrons. The molecule has 0 aromatic carbocycles. The number of carboxylic acids is 1. The average molecular weight is 1240 g/mol. The Bertz CT molecular complexity index is 2380. The molecule has 0 aromatic heterocycles. The highest BCUT2D eigenvalue weighted by Gasteiger charge is 2.44. The Kier molecular flexibility index (Phi) is 31.5. The van der Waals surface area contributed by atoms with Crippen LogP contribution < -0.4 is 65.5 Å². The van der Waals surface area contributed by atoms with E-state index >= 15 is 0 Å². The first kappa shape index (κ1) is 73.3. The Labute approximate surface area is 504 Å². The predicted molar refractivity (Wildman–Crippen MR) is 313 cm³/mol. The van der Waals surface area contributed by atoms with E-state index in [1.807, 2.05) is 0 Å². The van der Waals surface area contributed by atoms with E-state index in [1.54, 1.807) is 34.0 Å². The summed E-state index contributed by atoms with van der Waals surface area (Å²) in [5.74, 6) is -10.8. The Balaban J connectivity index is 1.71. The van der Waals surface area contributed by atoms with Crippen LogP contribution in [-0.4, -0.2) is 250 Å². The summed E-state index contributed by atoms with van der Waals surface area (Å²) in [6, 6.07) is -14.1. The van der Waals surface area contributed by atoms with Crippen LogP contribution in [0.1, 0.15) is 105 Å². The van der Waals surface area contributed by atoms with E-state index in [0.29, 0.717) is 37.9 Å². The van der Waals surface area contributed by atoms with Crippen LogP contribution in [0.5, 0.6) is 0 Å². The second kappa shape index (κ2) is 36.9. The van der Waals surface area contributed by atoms with Crippen molar-refractivity contribution in [3.63, 3.8) is 0 Å². The van der Waals surface area contributed by atoms with Gasteiger partial charge in [-0.05, 0) is 107 Å². The molecule has 0 aliphatic carbocycles. The monoisotopic (exact) mass is 1240 g/mol. The summed E-state index contributed by atoms with van der Waals surface area (Å²) in [7, 11) is 0. The average Bonchev–Trinajstić information content (AvgIpc) is 4.16. The number of rotatable bonds is 36. The van der Waals surface area contributed by atoms with Crippen molar-refractivity contribution in [1.82, 2.24) is 57.2 Å². The molecule has 3 saturated heterocycles. The SMILES string of the molecule is CSCC[C@H](NC(=O)CNC(=O)[C@@H](NC(=O)[C@H](CO)NC(=O)[C@@H](NC(=O)[C@@H](N)CO)C(C)C)C(C)C)C(=O)N[C@@H](CCCCN)C(=O)N1CCC[C@H]1C(=O)N[C@@H](CO)C(=O)N1CCC[C@H]1C(=O)N[C@@H](CCCN=C(N)N)C(=O)N1CCC[C@H]1C(=O)O. The highest BCUT2D eigenvalue weighted by atomic mass is 32.2. The van der Waals surface area contributed by atoms with Crippen molar-refractivity contribution in [1.29, 1.82) is 0 Å². The summed E-state index contributed by atoms with van der Waals surface area (Å²) in [4.78, 5) is 170. The first-order valence-corrected chi connectivity index (χ1v) is 30.5. The summed E-state index contributed by atoms with van der Waals surface area (Å²) in [6.07, 6.45) is 4.66. The van der Waals surface area contributed by atoms with Crippen molar-refractivity contribution >= 4 is 88.7 Å². The fourth-order valence-corrected chi connectivity index (χ4v) is 10.6. The lowest BCUT2D eigenvalue weighted by Gasteiger charge is -2.32. The van der Waals surface area contributed by atoms with Gasteiger partial charge in [-0.25, -0.2) is 4.79 Å². The number of carbonyl (C=O) groups excluding carboxylic acids is 11. The smallest absolute Gasteiger partial charge is 0.326 e. The summed E-state index contributed by atoms with van der Waals surface area (Å²) in [5.41, 5.74) is 22.2. The number of unbranched alkanes of at least 4 members (excludes halogenated alkanes) is 1. The molecule has 0 aromatic rings. The summed E-state index contributed by atoms with van der Waals surface area (Å²) in [5, 5.41) is 59.8. The third-order valence-corrected chi connectivity index (χ3v) is 15.6. The van der Waals surface area contributed by atoms with Gasteiger partial charge in [0.15, 0.2) is 5.96 Å². The van der Waals surface area contributed by atoms with Gasteiger partial charge in [0.25, 0.3) is 0 Å². The molecule has 3 rings (SSSR count). The first-order chi connectivity index (χ1) is 40.8. The zero-order valence-corrected chi connectivity index (χ0v) is 50.6. The van der Waals surface area contributed by atoms with Crippen molar-refractivity contribution in [2.75, 3.05) is 71.1 Å². The fraction of sp³-hybridized carbons (Fsp3) is 0.755. The van der Waals surface area contributed by atoms with E-state index in [1.165, 1.54) is 26.5 Å². The van der Waals surface area contributed by atoms with E-state index in [2.05, 4.69) is 47.5 Å². The highest BCUT2D eigenvalue weighted by molar-refractivity contribution is 7.98. The Morgan fingerprint density at radius 2 is 1.01 bits per heavy atom. The number of aliphatic carboxylic acids is 1. The van der Waals surface area contributed by atoms with Gasteiger partial charge in [0.05, 0.1) is 26.4 Å². The van der Waals surface area contributed by atoms with Gasteiger partial charge in [0.2, 0.25) is 65.0 Å². The number of nitrogens with two attached hydrogens (primary N) is 4. The molecular formula is C53H92N16O16S. The number of likely N-dealkylation sites (tertiary alicyclic amines) is 3. The van der Waals surface area contributed by atoms with E-state index in [0.717, 1.165) is 0 Å². The molecule has 3 fully saturated rings. The zero-order chi connectivity index (χ0) is 64.4. The third-order valence-electron chi connectivity index (χ3n) is 14.9. The van der Waals surface area contributed by atoms with Gasteiger partial charge in [0, 0.05) is 26.2 Å². The van der Waals surface area contributed by atoms with Crippen LogP contribution in [0.4, 0.5) is 0 Å². The number of aliphatic hydroxyl groups excluding tert-OH is 3. The number of carboxylic acid groups (broad SMARTS) is 1. The predicted octanol–water partition coefficient (Wildman–Crippen LogP) is -6.89. The number of guanidine groups is 1. The molecule has 20 N–H and O–H groups in total. The third kappa shape index (κ3) is 22.1. The Morgan fingerprint density at radius 3 is 1.51 bits per heavy atom. The molecule has 0 saturated carbocycles. The molecule has 0 spiro atoms. The van der Waals surface area contributed by atoms with Gasteiger partial charge in [-0.1, -0.05) is 27.7 Å². The van der Waals surface area contributed by atoms with Gasteiger partial charge in [0.1, 0.15) is 66.5 Å². The van der Waals surface area contributed by atoms with Crippen LogP contribution in [0, 0.1) is 11.8 Å². The van der Waals surface area contributed by atoms with E-state index in [9.17, 15) is 78.0 Å². The maximum absolute atomic E-state index is 14.5. The molecular weight excluding hydrogens is 1150 g/mol. The molecule has 0 radical (unpaired) electrons. The maximum atomic E-state index is 14.5. The fourth-order valence-electron chi connectivity index (χ4n) is 10.1. The lowest BCUT2D eigenvalue weighted by molar-refractivity contribution is -0.150. The van der Waals surface area contributed by atoms with Crippen LogP contribution >= 0.6 is 11.8 Å². The molecule has 33 heteroatoms. The number of aliphatic imine (C=N–C) groups is 1. The summed E-state index contributed by atoms with van der Waals surface area (Å²) >= 11 is 1.36. The lowest BCUT2D eigenvalue weighted by Crippen LogP contribution is -2.61. The minimum atomic E-state index is -1.59. The van der Waals surface area contributed by atoms with Crippen LogP contribution in [0.2, 0.25) is 0 Å². The second-order valence-electron chi connectivity index (χ2n) is 22.1. The van der Waals surface area contributed by atoms with Crippen LogP contribution in [-0.2, 0) is 57.5 Å². The van der Waals surface area contributed by atoms with Crippen molar-refractivity contribution < 1.29 is 78.0 Å². The topological polar surface area (TPSA) is 508 Å². The van der Waals surface area contributed by atoms with Gasteiger partial charge in [-0.2, -0.15) is 11.8 Å². The largest absolute Gasteiger partial charge is 0.480 e. The number of nitrogens with zero attached hydrogens (tertiary/aromatic N) is 4. The molecule has 0 unspecified atom stereocenters. The number of amides is 11. The number of aliphatic hydroxyl groups is 3.